The topological polar surface area (TPSA) is 62.3 Å². The number of allylic oxidation sites excluding steroid dienone is 2. The molecule has 5 rings (SSSR count). The van der Waals surface area contributed by atoms with Crippen molar-refractivity contribution in [1.29, 1.82) is 0 Å². The lowest BCUT2D eigenvalue weighted by Crippen LogP contribution is -2.57. The molecule has 0 aromatic carbocycles. The van der Waals surface area contributed by atoms with Crippen LogP contribution in [0.5, 0.6) is 0 Å². The summed E-state index contributed by atoms with van der Waals surface area (Å²) in [6.07, 6.45) is 8.05. The maximum Gasteiger partial charge on any atom is 0.239 e. The molecular formula is C26H33Cl2N3O2. The number of likely N-dealkylation sites (tertiary alicyclic amines) is 1. The zero-order valence-electron chi connectivity index (χ0n) is 19.9. The van der Waals surface area contributed by atoms with E-state index in [1.165, 1.54) is 37.7 Å². The van der Waals surface area contributed by atoms with Gasteiger partial charge in [-0.2, -0.15) is 0 Å². The molecule has 1 aliphatic heterocycles. The molecule has 0 radical (unpaired) electrons. The van der Waals surface area contributed by atoms with Crippen molar-refractivity contribution in [2.45, 2.75) is 65.7 Å². The first kappa shape index (κ1) is 23.2. The highest BCUT2D eigenvalue weighted by Gasteiger charge is 2.60. The number of anilines is 1. The maximum atomic E-state index is 13.4. The van der Waals surface area contributed by atoms with Crippen LogP contribution in [0.4, 0.5) is 5.69 Å². The Kier molecular flexibility index (Phi) is 5.60. The monoisotopic (exact) mass is 489 g/mol. The molecule has 33 heavy (non-hydrogen) atoms. The quantitative estimate of drug-likeness (QED) is 0.390. The largest absolute Gasteiger partial charge is 0.325 e. The van der Waals surface area contributed by atoms with Crippen LogP contribution in [0.15, 0.2) is 23.4 Å². The van der Waals surface area contributed by atoms with Gasteiger partial charge in [-0.25, -0.2) is 4.98 Å². The number of fused-ring (bicyclic) bond motifs is 5. The number of rotatable bonds is 2. The highest BCUT2D eigenvalue weighted by molar-refractivity contribution is 6.33. The van der Waals surface area contributed by atoms with Gasteiger partial charge in [-0.1, -0.05) is 49.0 Å². The van der Waals surface area contributed by atoms with Crippen molar-refractivity contribution in [1.82, 2.24) is 9.88 Å². The molecule has 2 heterocycles. The van der Waals surface area contributed by atoms with Crippen LogP contribution in [-0.2, 0) is 9.59 Å². The zero-order chi connectivity index (χ0) is 23.7. The fourth-order valence-electron chi connectivity index (χ4n) is 8.21. The first-order valence-corrected chi connectivity index (χ1v) is 12.9. The second-order valence-corrected chi connectivity index (χ2v) is 12.1. The molecule has 0 bridgehead atoms. The summed E-state index contributed by atoms with van der Waals surface area (Å²) in [6.45, 7) is 7.01. The van der Waals surface area contributed by atoms with Crippen molar-refractivity contribution in [2.75, 3.05) is 12.4 Å². The highest BCUT2D eigenvalue weighted by atomic mass is 35.5. The van der Waals surface area contributed by atoms with E-state index in [0.29, 0.717) is 29.4 Å². The van der Waals surface area contributed by atoms with Crippen molar-refractivity contribution in [3.05, 3.63) is 33.7 Å². The van der Waals surface area contributed by atoms with Crippen molar-refractivity contribution >= 4 is 40.7 Å². The minimum absolute atomic E-state index is 0.134. The predicted molar refractivity (Wildman–Crippen MR) is 131 cm³/mol. The molecule has 1 saturated heterocycles. The number of hydrogen-bond donors (Lipinski definition) is 1. The SMILES string of the molecule is CC1=C2N(C)C(=O)C(C(=O)Nc3cc(Cl)nc(Cl)c3)C[C@]2(C)[C@@H]2CC[C@]3(C)CCC[C@H]3[C@@H]2C1. The number of amides is 2. The van der Waals surface area contributed by atoms with Crippen LogP contribution in [0.3, 0.4) is 0 Å². The molecule has 4 aliphatic rings. The van der Waals surface area contributed by atoms with E-state index in [4.69, 9.17) is 23.2 Å². The minimum Gasteiger partial charge on any atom is -0.325 e. The van der Waals surface area contributed by atoms with Gasteiger partial charge in [0.2, 0.25) is 11.8 Å². The number of carbonyl (C=O) groups excluding carboxylic acids is 2. The third kappa shape index (κ3) is 3.61. The molecule has 1 unspecified atom stereocenters. The summed E-state index contributed by atoms with van der Waals surface area (Å²) < 4.78 is 0. The number of pyridine rings is 1. The molecule has 178 valence electrons. The minimum atomic E-state index is -0.738. The van der Waals surface area contributed by atoms with Gasteiger partial charge in [0.15, 0.2) is 0 Å². The van der Waals surface area contributed by atoms with E-state index in [1.807, 2.05) is 7.05 Å². The Hall–Kier alpha value is -1.59. The molecule has 2 saturated carbocycles. The van der Waals surface area contributed by atoms with Gasteiger partial charge in [0.25, 0.3) is 0 Å². The fourth-order valence-corrected chi connectivity index (χ4v) is 8.67. The predicted octanol–water partition coefficient (Wildman–Crippen LogP) is 6.32. The zero-order valence-corrected chi connectivity index (χ0v) is 21.4. The number of aromatic nitrogens is 1. The summed E-state index contributed by atoms with van der Waals surface area (Å²) in [5, 5.41) is 3.28. The summed E-state index contributed by atoms with van der Waals surface area (Å²) in [5.74, 6) is 0.724. The molecule has 1 aromatic heterocycles. The van der Waals surface area contributed by atoms with Crippen molar-refractivity contribution in [3.8, 4) is 0 Å². The van der Waals surface area contributed by atoms with E-state index in [9.17, 15) is 9.59 Å². The smallest absolute Gasteiger partial charge is 0.239 e. The number of nitrogens with zero attached hydrogens (tertiary/aromatic N) is 2. The van der Waals surface area contributed by atoms with Crippen LogP contribution in [0, 0.1) is 34.5 Å². The normalized spacial score (nSPS) is 38.0. The first-order valence-electron chi connectivity index (χ1n) is 12.2. The lowest BCUT2D eigenvalue weighted by Gasteiger charge is -2.59. The van der Waals surface area contributed by atoms with Gasteiger partial charge >= 0.3 is 0 Å². The fraction of sp³-hybridized carbons (Fsp3) is 0.654. The lowest BCUT2D eigenvalue weighted by molar-refractivity contribution is -0.147. The Morgan fingerprint density at radius 3 is 2.55 bits per heavy atom. The Labute approximate surface area is 206 Å². The van der Waals surface area contributed by atoms with Gasteiger partial charge in [-0.05, 0) is 80.8 Å². The molecule has 6 atom stereocenters. The van der Waals surface area contributed by atoms with Crippen LogP contribution in [0.2, 0.25) is 10.3 Å². The third-order valence-electron chi connectivity index (χ3n) is 9.46. The maximum absolute atomic E-state index is 13.4. The molecular weight excluding hydrogens is 457 g/mol. The Bertz CT molecular complexity index is 1040. The molecule has 5 nitrogen and oxygen atoms in total. The molecule has 0 spiro atoms. The lowest BCUT2D eigenvalue weighted by atomic mass is 9.48. The average Bonchev–Trinajstić information content (AvgIpc) is 3.12. The van der Waals surface area contributed by atoms with E-state index < -0.39 is 5.92 Å². The highest BCUT2D eigenvalue weighted by Crippen LogP contribution is 2.65. The summed E-state index contributed by atoms with van der Waals surface area (Å²) in [4.78, 5) is 32.5. The van der Waals surface area contributed by atoms with E-state index in [1.54, 1.807) is 17.0 Å². The summed E-state index contributed by atoms with van der Waals surface area (Å²) in [5.41, 5.74) is 3.23. The van der Waals surface area contributed by atoms with Crippen LogP contribution >= 0.6 is 23.2 Å². The number of nitrogens with one attached hydrogen (secondary N) is 1. The van der Waals surface area contributed by atoms with Crippen LogP contribution < -0.4 is 5.32 Å². The van der Waals surface area contributed by atoms with Gasteiger partial charge in [0, 0.05) is 23.8 Å². The first-order chi connectivity index (χ1) is 15.5. The van der Waals surface area contributed by atoms with Crippen LogP contribution in [-0.4, -0.2) is 28.7 Å². The molecule has 1 N–H and O–H groups in total. The summed E-state index contributed by atoms with van der Waals surface area (Å²) in [6, 6.07) is 3.11. The van der Waals surface area contributed by atoms with E-state index >= 15 is 0 Å². The Balaban J connectivity index is 1.47. The van der Waals surface area contributed by atoms with Gasteiger partial charge in [-0.15, -0.1) is 0 Å². The molecule has 7 heteroatoms. The van der Waals surface area contributed by atoms with E-state index in [-0.39, 0.29) is 27.5 Å². The number of piperidine rings is 1. The summed E-state index contributed by atoms with van der Waals surface area (Å²) >= 11 is 12.0. The van der Waals surface area contributed by atoms with Crippen LogP contribution in [0.1, 0.15) is 65.7 Å². The number of halogens is 2. The van der Waals surface area contributed by atoms with Crippen molar-refractivity contribution in [3.63, 3.8) is 0 Å². The van der Waals surface area contributed by atoms with Crippen molar-refractivity contribution in [2.24, 2.45) is 34.5 Å². The van der Waals surface area contributed by atoms with Crippen LogP contribution in [0.25, 0.3) is 0 Å². The van der Waals surface area contributed by atoms with Gasteiger partial charge in [0.05, 0.1) is 0 Å². The van der Waals surface area contributed by atoms with E-state index in [2.05, 4.69) is 31.1 Å². The molecule has 3 fully saturated rings. The average molecular weight is 490 g/mol. The van der Waals surface area contributed by atoms with Gasteiger partial charge < -0.3 is 10.2 Å². The summed E-state index contributed by atoms with van der Waals surface area (Å²) in [7, 11) is 1.85. The number of carbonyl (C=O) groups is 2. The number of hydrogen-bond acceptors (Lipinski definition) is 3. The second kappa shape index (κ2) is 7.98. The Morgan fingerprint density at radius 2 is 1.85 bits per heavy atom. The van der Waals surface area contributed by atoms with Crippen molar-refractivity contribution < 1.29 is 9.59 Å². The second-order valence-electron chi connectivity index (χ2n) is 11.4. The molecule has 2 amide bonds. The molecule has 1 aromatic rings. The molecule has 3 aliphatic carbocycles. The standard InChI is InChI=1S/C26H33Cl2N3O2/c1-14-10-16-18-6-5-8-25(18,2)9-7-19(16)26(3)13-17(24(33)31(4)22(14)26)23(32)29-15-11-20(27)30-21(28)12-15/h11-12,16-19H,5-10,13H2,1-4H3,(H,29,30,32)/t16-,17?,18-,19+,25-,26+/m0/s1. The van der Waals surface area contributed by atoms with Gasteiger partial charge in [-0.3, -0.25) is 9.59 Å². The third-order valence-corrected chi connectivity index (χ3v) is 9.85. The van der Waals surface area contributed by atoms with E-state index in [0.717, 1.165) is 18.0 Å². The van der Waals surface area contributed by atoms with Gasteiger partial charge in [0.1, 0.15) is 16.2 Å². The Morgan fingerprint density at radius 1 is 1.15 bits per heavy atom.